The zero-order valence-electron chi connectivity index (χ0n) is 15.4. The van der Waals surface area contributed by atoms with Crippen molar-refractivity contribution in [3.05, 3.63) is 48.2 Å². The molecule has 140 valence electrons. The van der Waals surface area contributed by atoms with E-state index in [0.29, 0.717) is 23.0 Å². The molecule has 6 nitrogen and oxygen atoms in total. The van der Waals surface area contributed by atoms with Gasteiger partial charge in [0.15, 0.2) is 0 Å². The number of hydrogen-bond acceptors (Lipinski definition) is 4. The van der Waals surface area contributed by atoms with Crippen LogP contribution in [0.25, 0.3) is 0 Å². The monoisotopic (exact) mass is 364 g/mol. The Hall–Kier alpha value is -2.89. The van der Waals surface area contributed by atoms with Gasteiger partial charge in [0.1, 0.15) is 5.82 Å². The molecule has 2 heterocycles. The van der Waals surface area contributed by atoms with E-state index in [0.717, 1.165) is 25.2 Å². The number of rotatable bonds is 5. The first-order valence-corrected chi connectivity index (χ1v) is 9.53. The van der Waals surface area contributed by atoms with Gasteiger partial charge in [-0.15, -0.1) is 0 Å². The van der Waals surface area contributed by atoms with Crippen molar-refractivity contribution < 1.29 is 9.59 Å². The molecule has 0 bridgehead atoms. The third-order valence-corrected chi connectivity index (χ3v) is 5.32. The molecule has 1 saturated carbocycles. The molecule has 4 rings (SSSR count). The molecule has 0 radical (unpaired) electrons. The molecule has 2 N–H and O–H groups in total. The lowest BCUT2D eigenvalue weighted by atomic mass is 10.2. The van der Waals surface area contributed by atoms with Gasteiger partial charge in [-0.3, -0.25) is 9.59 Å². The van der Waals surface area contributed by atoms with E-state index in [2.05, 4.69) is 27.4 Å². The van der Waals surface area contributed by atoms with Crippen LogP contribution in [0.4, 0.5) is 17.2 Å². The first-order valence-electron chi connectivity index (χ1n) is 9.53. The first-order chi connectivity index (χ1) is 13.1. The van der Waals surface area contributed by atoms with Gasteiger partial charge in [-0.2, -0.15) is 0 Å². The van der Waals surface area contributed by atoms with Crippen molar-refractivity contribution in [3.63, 3.8) is 0 Å². The maximum absolute atomic E-state index is 12.4. The molecule has 0 spiro atoms. The van der Waals surface area contributed by atoms with Crippen LogP contribution in [0, 0.1) is 11.8 Å². The number of amides is 2. The standard InChI is InChI=1S/C21H24N4O2/c1-14-12-18(14)21(27)23-16-6-4-15(5-7-16)20(26)24-19-9-8-17(13-22-19)25-10-2-3-11-25/h4-9,13-14,18H,2-3,10-12H2,1H3,(H,23,27)(H,22,24,26)/t14-,18+/m1/s1. The van der Waals surface area contributed by atoms with Crippen LogP contribution in [0.15, 0.2) is 42.6 Å². The summed E-state index contributed by atoms with van der Waals surface area (Å²) in [5, 5.41) is 5.71. The van der Waals surface area contributed by atoms with Gasteiger partial charge >= 0.3 is 0 Å². The maximum atomic E-state index is 12.4. The van der Waals surface area contributed by atoms with Crippen LogP contribution in [-0.2, 0) is 4.79 Å². The topological polar surface area (TPSA) is 74.3 Å². The second-order valence-electron chi connectivity index (χ2n) is 7.44. The van der Waals surface area contributed by atoms with Gasteiger partial charge in [0.05, 0.1) is 11.9 Å². The minimum Gasteiger partial charge on any atom is -0.370 e. The molecule has 1 aliphatic heterocycles. The summed E-state index contributed by atoms with van der Waals surface area (Å²) < 4.78 is 0. The van der Waals surface area contributed by atoms with Crippen molar-refractivity contribution in [2.75, 3.05) is 28.6 Å². The number of carbonyl (C=O) groups excluding carboxylic acids is 2. The van der Waals surface area contributed by atoms with Gasteiger partial charge in [0.2, 0.25) is 5.91 Å². The maximum Gasteiger partial charge on any atom is 0.256 e. The molecule has 1 aromatic carbocycles. The number of pyridine rings is 1. The van der Waals surface area contributed by atoms with Crippen LogP contribution >= 0.6 is 0 Å². The minimum atomic E-state index is -0.217. The van der Waals surface area contributed by atoms with Gasteiger partial charge in [-0.05, 0) is 61.6 Å². The number of nitrogens with one attached hydrogen (secondary N) is 2. The van der Waals surface area contributed by atoms with E-state index in [1.807, 2.05) is 12.1 Å². The van der Waals surface area contributed by atoms with Crippen molar-refractivity contribution in [1.29, 1.82) is 0 Å². The van der Waals surface area contributed by atoms with Gasteiger partial charge in [0, 0.05) is 30.3 Å². The smallest absolute Gasteiger partial charge is 0.256 e. The van der Waals surface area contributed by atoms with Crippen LogP contribution < -0.4 is 15.5 Å². The van der Waals surface area contributed by atoms with Gasteiger partial charge in [-0.25, -0.2) is 4.98 Å². The quantitative estimate of drug-likeness (QED) is 0.851. The molecule has 6 heteroatoms. The molecule has 27 heavy (non-hydrogen) atoms. The predicted molar refractivity (Wildman–Crippen MR) is 106 cm³/mol. The number of nitrogens with zero attached hydrogens (tertiary/aromatic N) is 2. The third kappa shape index (κ3) is 4.10. The average molecular weight is 364 g/mol. The van der Waals surface area contributed by atoms with Crippen molar-refractivity contribution >= 4 is 29.0 Å². The summed E-state index contributed by atoms with van der Waals surface area (Å²) in [7, 11) is 0. The summed E-state index contributed by atoms with van der Waals surface area (Å²) in [5.74, 6) is 0.970. The number of anilines is 3. The fourth-order valence-corrected chi connectivity index (χ4v) is 3.44. The zero-order chi connectivity index (χ0) is 18.8. The van der Waals surface area contributed by atoms with E-state index in [-0.39, 0.29) is 17.7 Å². The van der Waals surface area contributed by atoms with E-state index in [4.69, 9.17) is 0 Å². The van der Waals surface area contributed by atoms with E-state index in [1.54, 1.807) is 30.5 Å². The summed E-state index contributed by atoms with van der Waals surface area (Å²) in [4.78, 5) is 31.0. The van der Waals surface area contributed by atoms with Crippen molar-refractivity contribution in [3.8, 4) is 0 Å². The summed E-state index contributed by atoms with van der Waals surface area (Å²) in [5.41, 5.74) is 2.33. The highest BCUT2D eigenvalue weighted by Crippen LogP contribution is 2.38. The van der Waals surface area contributed by atoms with Crippen LogP contribution in [0.3, 0.4) is 0 Å². The Labute approximate surface area is 159 Å². The highest BCUT2D eigenvalue weighted by Gasteiger charge is 2.39. The second kappa shape index (κ2) is 7.39. The predicted octanol–water partition coefficient (Wildman–Crippen LogP) is 3.53. The lowest BCUT2D eigenvalue weighted by Gasteiger charge is -2.17. The molecular weight excluding hydrogens is 340 g/mol. The van der Waals surface area contributed by atoms with Crippen molar-refractivity contribution in [2.24, 2.45) is 11.8 Å². The largest absolute Gasteiger partial charge is 0.370 e. The van der Waals surface area contributed by atoms with Gasteiger partial charge in [-0.1, -0.05) is 6.92 Å². The fourth-order valence-electron chi connectivity index (χ4n) is 3.44. The minimum absolute atomic E-state index is 0.0574. The van der Waals surface area contributed by atoms with Crippen LogP contribution in [0.5, 0.6) is 0 Å². The summed E-state index contributed by atoms with van der Waals surface area (Å²) in [6, 6.07) is 10.7. The Morgan fingerprint density at radius 3 is 2.33 bits per heavy atom. The van der Waals surface area contributed by atoms with Crippen LogP contribution in [-0.4, -0.2) is 29.9 Å². The Balaban J connectivity index is 1.34. The fraction of sp³-hybridized carbons (Fsp3) is 0.381. The SMILES string of the molecule is C[C@@H]1C[C@@H]1C(=O)Nc1ccc(C(=O)Nc2ccc(N3CCCC3)cn2)cc1. The zero-order valence-corrected chi connectivity index (χ0v) is 15.4. The Morgan fingerprint density at radius 2 is 1.74 bits per heavy atom. The van der Waals surface area contributed by atoms with Crippen LogP contribution in [0.2, 0.25) is 0 Å². The number of aromatic nitrogens is 1. The lowest BCUT2D eigenvalue weighted by molar-refractivity contribution is -0.117. The highest BCUT2D eigenvalue weighted by atomic mass is 16.2. The first kappa shape index (κ1) is 17.5. The number of carbonyl (C=O) groups is 2. The molecule has 2 fully saturated rings. The Kier molecular flexibility index (Phi) is 4.79. The van der Waals surface area contributed by atoms with Gasteiger partial charge in [0.25, 0.3) is 5.91 Å². The second-order valence-corrected chi connectivity index (χ2v) is 7.44. The molecule has 0 unspecified atom stereocenters. The molecule has 2 aromatic rings. The number of benzene rings is 1. The molecule has 1 aromatic heterocycles. The lowest BCUT2D eigenvalue weighted by Crippen LogP contribution is -2.18. The molecule has 2 atom stereocenters. The average Bonchev–Trinajstić information content (AvgIpc) is 3.18. The normalized spacial score (nSPS) is 21.0. The van der Waals surface area contributed by atoms with E-state index in [1.165, 1.54) is 12.8 Å². The molecule has 1 saturated heterocycles. The van der Waals surface area contributed by atoms with E-state index in [9.17, 15) is 9.59 Å². The third-order valence-electron chi connectivity index (χ3n) is 5.32. The van der Waals surface area contributed by atoms with Crippen molar-refractivity contribution in [1.82, 2.24) is 4.98 Å². The van der Waals surface area contributed by atoms with Crippen LogP contribution in [0.1, 0.15) is 36.5 Å². The summed E-state index contributed by atoms with van der Waals surface area (Å²) in [6.45, 7) is 4.20. The Bertz CT molecular complexity index is 826. The highest BCUT2D eigenvalue weighted by molar-refractivity contribution is 6.04. The van der Waals surface area contributed by atoms with E-state index >= 15 is 0 Å². The summed E-state index contributed by atoms with van der Waals surface area (Å²) in [6.07, 6.45) is 5.19. The molecule has 2 aliphatic rings. The molecule has 1 aliphatic carbocycles. The number of hydrogen-bond donors (Lipinski definition) is 2. The molecular formula is C21H24N4O2. The van der Waals surface area contributed by atoms with Gasteiger partial charge < -0.3 is 15.5 Å². The summed E-state index contributed by atoms with van der Waals surface area (Å²) >= 11 is 0. The molecule has 2 amide bonds. The Morgan fingerprint density at radius 1 is 1.04 bits per heavy atom. The van der Waals surface area contributed by atoms with E-state index < -0.39 is 0 Å². The van der Waals surface area contributed by atoms with Crippen molar-refractivity contribution in [2.45, 2.75) is 26.2 Å².